The second-order valence-corrected chi connectivity index (χ2v) is 6.91. The number of nitrogens with one attached hydrogen (secondary N) is 1. The average molecular weight is 476 g/mol. The highest BCUT2D eigenvalue weighted by molar-refractivity contribution is 6.30. The highest BCUT2D eigenvalue weighted by atomic mass is 35.5. The molecule has 3 aromatic rings. The summed E-state index contributed by atoms with van der Waals surface area (Å²) in [6.45, 7) is -0.0416. The van der Waals surface area contributed by atoms with Crippen LogP contribution in [0.25, 0.3) is 5.69 Å². The fourth-order valence-corrected chi connectivity index (χ4v) is 2.92. The van der Waals surface area contributed by atoms with Gasteiger partial charge in [0.15, 0.2) is 5.69 Å². The van der Waals surface area contributed by atoms with E-state index < -0.39 is 51.3 Å². The summed E-state index contributed by atoms with van der Waals surface area (Å²) in [5.41, 5.74) is -4.86. The molecule has 0 aliphatic rings. The number of hydrogen-bond donors (Lipinski definition) is 1. The van der Waals surface area contributed by atoms with Gasteiger partial charge < -0.3 is 5.32 Å². The van der Waals surface area contributed by atoms with E-state index in [1.165, 1.54) is 0 Å². The van der Waals surface area contributed by atoms with Crippen LogP contribution in [0, 0.1) is 0 Å². The molecule has 168 valence electrons. The van der Waals surface area contributed by atoms with E-state index >= 15 is 0 Å². The van der Waals surface area contributed by atoms with E-state index in [4.69, 9.17) is 11.6 Å². The van der Waals surface area contributed by atoms with Gasteiger partial charge in [0.05, 0.1) is 16.8 Å². The molecule has 3 rings (SSSR count). The van der Waals surface area contributed by atoms with Crippen LogP contribution in [-0.4, -0.2) is 15.5 Å². The molecular formula is C20H12ClF6N3O2. The summed E-state index contributed by atoms with van der Waals surface area (Å²) in [7, 11) is 0. The molecule has 0 bridgehead atoms. The van der Waals surface area contributed by atoms with Crippen LogP contribution in [0.2, 0.25) is 5.02 Å². The number of hydrogen-bond acceptors (Lipinski definition) is 3. The number of carbonyl (C=O) groups excluding carboxylic acids is 1. The largest absolute Gasteiger partial charge is 0.417 e. The lowest BCUT2D eigenvalue weighted by Crippen LogP contribution is -2.29. The van der Waals surface area contributed by atoms with E-state index in [1.54, 1.807) is 30.3 Å². The fourth-order valence-electron chi connectivity index (χ4n) is 2.71. The van der Waals surface area contributed by atoms with Crippen molar-refractivity contribution in [1.29, 1.82) is 0 Å². The first-order valence-corrected chi connectivity index (χ1v) is 9.15. The maximum atomic E-state index is 13.2. The minimum atomic E-state index is -4.95. The molecule has 1 amide bonds. The van der Waals surface area contributed by atoms with E-state index in [2.05, 4.69) is 10.3 Å². The Kier molecular flexibility index (Phi) is 6.31. The monoisotopic (exact) mass is 475 g/mol. The Morgan fingerprint density at radius 1 is 1.00 bits per heavy atom. The van der Waals surface area contributed by atoms with Gasteiger partial charge >= 0.3 is 12.4 Å². The van der Waals surface area contributed by atoms with Crippen molar-refractivity contribution in [3.8, 4) is 5.69 Å². The molecule has 0 unspecified atom stereocenters. The molecule has 0 saturated carbocycles. The molecule has 1 aromatic carbocycles. The van der Waals surface area contributed by atoms with Crippen LogP contribution in [0.3, 0.4) is 0 Å². The number of rotatable bonds is 4. The van der Waals surface area contributed by atoms with Crippen molar-refractivity contribution in [2.24, 2.45) is 0 Å². The minimum Gasteiger partial charge on any atom is -0.347 e. The molecule has 0 aliphatic heterocycles. The standard InChI is InChI=1S/C20H12ClF6N3O2/c21-14-6-13(20(25,26)27)10-30(18(14)32)15-7-12(19(22,23)24)9-28-16(15)17(31)29-8-11-4-2-1-3-5-11/h1-7,9-10H,8H2,(H,29,31). The zero-order chi connectivity index (χ0) is 23.7. The van der Waals surface area contributed by atoms with Crippen molar-refractivity contribution < 1.29 is 31.1 Å². The molecule has 0 aliphatic carbocycles. The first-order valence-electron chi connectivity index (χ1n) is 8.77. The first-order chi connectivity index (χ1) is 14.9. The average Bonchev–Trinajstić information content (AvgIpc) is 2.72. The van der Waals surface area contributed by atoms with Gasteiger partial charge in [-0.1, -0.05) is 41.9 Å². The predicted molar refractivity (Wildman–Crippen MR) is 102 cm³/mol. The molecule has 32 heavy (non-hydrogen) atoms. The number of pyridine rings is 2. The van der Waals surface area contributed by atoms with E-state index in [1.807, 2.05) is 0 Å². The van der Waals surface area contributed by atoms with Crippen molar-refractivity contribution in [3.05, 3.63) is 92.6 Å². The maximum Gasteiger partial charge on any atom is 0.417 e. The molecule has 2 aromatic heterocycles. The number of amides is 1. The van der Waals surface area contributed by atoms with Crippen molar-refractivity contribution >= 4 is 17.5 Å². The highest BCUT2D eigenvalue weighted by Crippen LogP contribution is 2.33. The number of aromatic nitrogens is 2. The van der Waals surface area contributed by atoms with Gasteiger partial charge in [0, 0.05) is 18.9 Å². The van der Waals surface area contributed by atoms with Crippen LogP contribution in [-0.2, 0) is 18.9 Å². The highest BCUT2D eigenvalue weighted by Gasteiger charge is 2.35. The Balaban J connectivity index is 2.14. The van der Waals surface area contributed by atoms with Gasteiger partial charge in [0.25, 0.3) is 11.5 Å². The summed E-state index contributed by atoms with van der Waals surface area (Å²) < 4.78 is 79.4. The third kappa shape index (κ3) is 5.10. The van der Waals surface area contributed by atoms with Crippen molar-refractivity contribution in [3.63, 3.8) is 0 Å². The number of halogens is 7. The predicted octanol–water partition coefficient (Wildman–Crippen LogP) is 4.85. The number of benzene rings is 1. The Morgan fingerprint density at radius 3 is 2.22 bits per heavy atom. The molecular weight excluding hydrogens is 464 g/mol. The zero-order valence-electron chi connectivity index (χ0n) is 15.8. The van der Waals surface area contributed by atoms with Gasteiger partial charge in [-0.2, -0.15) is 26.3 Å². The van der Waals surface area contributed by atoms with Crippen molar-refractivity contribution in [2.75, 3.05) is 0 Å². The summed E-state index contributed by atoms with van der Waals surface area (Å²) >= 11 is 5.60. The molecule has 2 heterocycles. The van der Waals surface area contributed by atoms with Crippen LogP contribution in [0.15, 0.2) is 59.7 Å². The van der Waals surface area contributed by atoms with Crippen molar-refractivity contribution in [2.45, 2.75) is 18.9 Å². The van der Waals surface area contributed by atoms with Crippen molar-refractivity contribution in [1.82, 2.24) is 14.9 Å². The molecule has 0 fully saturated rings. The Morgan fingerprint density at radius 2 is 1.62 bits per heavy atom. The Hall–Kier alpha value is -3.34. The van der Waals surface area contributed by atoms with Gasteiger partial charge in [-0.15, -0.1) is 0 Å². The lowest BCUT2D eigenvalue weighted by Gasteiger charge is -2.16. The zero-order valence-corrected chi connectivity index (χ0v) is 16.5. The third-order valence-corrected chi connectivity index (χ3v) is 4.54. The molecule has 0 spiro atoms. The topological polar surface area (TPSA) is 64.0 Å². The van der Waals surface area contributed by atoms with Crippen LogP contribution >= 0.6 is 11.6 Å². The number of carbonyl (C=O) groups is 1. The van der Waals surface area contributed by atoms with Crippen LogP contribution in [0.4, 0.5) is 26.3 Å². The Labute approximate surface area is 181 Å². The quantitative estimate of drug-likeness (QED) is 0.549. The van der Waals surface area contributed by atoms with Crippen LogP contribution in [0.5, 0.6) is 0 Å². The van der Waals surface area contributed by atoms with E-state index in [9.17, 15) is 35.9 Å². The lowest BCUT2D eigenvalue weighted by molar-refractivity contribution is -0.138. The van der Waals surface area contributed by atoms with Gasteiger partial charge in [-0.05, 0) is 17.7 Å². The number of alkyl halides is 6. The van der Waals surface area contributed by atoms with E-state index in [0.717, 1.165) is 0 Å². The fraction of sp³-hybridized carbons (Fsp3) is 0.150. The number of nitrogens with zero attached hydrogens (tertiary/aromatic N) is 2. The van der Waals surface area contributed by atoms with Crippen LogP contribution < -0.4 is 10.9 Å². The molecule has 0 atom stereocenters. The normalized spacial score (nSPS) is 12.0. The summed E-state index contributed by atoms with van der Waals surface area (Å²) in [6.07, 6.45) is -9.28. The summed E-state index contributed by atoms with van der Waals surface area (Å²) in [4.78, 5) is 28.5. The SMILES string of the molecule is O=C(NCc1ccccc1)c1ncc(C(F)(F)F)cc1-n1cc(C(F)(F)F)cc(Cl)c1=O. The lowest BCUT2D eigenvalue weighted by atomic mass is 10.1. The second kappa shape index (κ2) is 8.65. The molecule has 0 saturated heterocycles. The molecule has 12 heteroatoms. The maximum absolute atomic E-state index is 13.2. The van der Waals surface area contributed by atoms with Crippen LogP contribution in [0.1, 0.15) is 27.2 Å². The first kappa shape index (κ1) is 23.3. The summed E-state index contributed by atoms with van der Waals surface area (Å²) in [5.74, 6) is -1.00. The second-order valence-electron chi connectivity index (χ2n) is 6.51. The summed E-state index contributed by atoms with van der Waals surface area (Å²) in [6, 6.07) is 9.14. The Bertz CT molecular complexity index is 1210. The smallest absolute Gasteiger partial charge is 0.347 e. The molecule has 1 N–H and O–H groups in total. The van der Waals surface area contributed by atoms with E-state index in [-0.39, 0.29) is 17.3 Å². The minimum absolute atomic E-state index is 0.0416. The summed E-state index contributed by atoms with van der Waals surface area (Å²) in [5, 5.41) is 1.51. The van der Waals surface area contributed by atoms with Gasteiger partial charge in [-0.3, -0.25) is 14.2 Å². The van der Waals surface area contributed by atoms with Gasteiger partial charge in [0.2, 0.25) is 0 Å². The van der Waals surface area contributed by atoms with Gasteiger partial charge in [0.1, 0.15) is 5.02 Å². The molecule has 5 nitrogen and oxygen atoms in total. The molecule has 0 radical (unpaired) electrons. The third-order valence-electron chi connectivity index (χ3n) is 4.27. The van der Waals surface area contributed by atoms with E-state index in [0.29, 0.717) is 23.9 Å². The van der Waals surface area contributed by atoms with Gasteiger partial charge in [-0.25, -0.2) is 4.98 Å².